The van der Waals surface area contributed by atoms with E-state index in [1.54, 1.807) is 9.80 Å². The van der Waals surface area contributed by atoms with Gasteiger partial charge in [0.25, 0.3) is 0 Å². The van der Waals surface area contributed by atoms with Gasteiger partial charge in [-0.2, -0.15) is 0 Å². The second-order valence-corrected chi connectivity index (χ2v) is 6.89. The zero-order valence-corrected chi connectivity index (χ0v) is 14.0. The number of nitrogens with zero attached hydrogens (tertiary/aromatic N) is 2. The van der Waals surface area contributed by atoms with Crippen LogP contribution in [-0.2, 0) is 9.59 Å². The fraction of sp³-hybridized carbons (Fsp3) is 0.429. The number of benzene rings is 1. The molecule has 0 saturated carbocycles. The van der Waals surface area contributed by atoms with Crippen molar-refractivity contribution in [3.63, 3.8) is 0 Å². The molecular formula is C14H14Br2N2O2. The smallest absolute Gasteiger partial charge is 0.250 e. The molecule has 1 aromatic rings. The highest BCUT2D eigenvalue weighted by atomic mass is 79.9. The summed E-state index contributed by atoms with van der Waals surface area (Å²) in [6, 6.07) is 5.35. The van der Waals surface area contributed by atoms with E-state index in [0.29, 0.717) is 6.54 Å². The van der Waals surface area contributed by atoms with Crippen LogP contribution >= 0.6 is 31.9 Å². The first-order valence-corrected chi connectivity index (χ1v) is 8.22. The molecule has 2 fully saturated rings. The van der Waals surface area contributed by atoms with Gasteiger partial charge < -0.3 is 9.80 Å². The molecule has 1 unspecified atom stereocenters. The van der Waals surface area contributed by atoms with Gasteiger partial charge in [-0.25, -0.2) is 0 Å². The van der Waals surface area contributed by atoms with E-state index < -0.39 is 0 Å². The van der Waals surface area contributed by atoms with E-state index >= 15 is 0 Å². The highest BCUT2D eigenvalue weighted by Gasteiger charge is 2.41. The van der Waals surface area contributed by atoms with Gasteiger partial charge in [-0.1, -0.05) is 15.9 Å². The number of hydrogen-bond donors (Lipinski definition) is 0. The van der Waals surface area contributed by atoms with Gasteiger partial charge in [0, 0.05) is 15.5 Å². The van der Waals surface area contributed by atoms with E-state index in [4.69, 9.17) is 0 Å². The predicted molar refractivity (Wildman–Crippen MR) is 83.5 cm³/mol. The third kappa shape index (κ3) is 2.39. The molecule has 1 aromatic carbocycles. The highest BCUT2D eigenvalue weighted by Crippen LogP contribution is 2.33. The second kappa shape index (κ2) is 5.48. The van der Waals surface area contributed by atoms with Gasteiger partial charge in [-0.15, -0.1) is 0 Å². The number of carbonyl (C=O) groups is 2. The molecular weight excluding hydrogens is 388 g/mol. The van der Waals surface area contributed by atoms with Crippen LogP contribution < -0.4 is 4.90 Å². The Morgan fingerprint density at radius 2 is 1.95 bits per heavy atom. The molecule has 2 heterocycles. The van der Waals surface area contributed by atoms with Crippen molar-refractivity contribution < 1.29 is 9.59 Å². The molecule has 0 aliphatic carbocycles. The number of fused-ring (bicyclic) bond motifs is 1. The molecule has 2 aliphatic heterocycles. The van der Waals surface area contributed by atoms with Crippen LogP contribution in [0.5, 0.6) is 0 Å². The van der Waals surface area contributed by atoms with E-state index in [0.717, 1.165) is 33.9 Å². The van der Waals surface area contributed by atoms with Crippen molar-refractivity contribution >= 4 is 49.4 Å². The van der Waals surface area contributed by atoms with E-state index in [1.165, 1.54) is 0 Å². The quantitative estimate of drug-likeness (QED) is 0.725. The Morgan fingerprint density at radius 3 is 2.70 bits per heavy atom. The van der Waals surface area contributed by atoms with Crippen molar-refractivity contribution in [3.8, 4) is 0 Å². The standard InChI is InChI=1S/C14H14Br2N2O2/c15-9-4-5-11(10(16)7-9)18-8-13(19)17-6-2-1-3-12(17)14(18)20/h4-5,7,12H,1-3,6,8H2. The van der Waals surface area contributed by atoms with Crippen LogP contribution in [0.2, 0.25) is 0 Å². The molecule has 3 rings (SSSR count). The summed E-state index contributed by atoms with van der Waals surface area (Å²) in [6.07, 6.45) is 2.78. The molecule has 20 heavy (non-hydrogen) atoms. The van der Waals surface area contributed by atoms with Crippen molar-refractivity contribution in [3.05, 3.63) is 27.1 Å². The van der Waals surface area contributed by atoms with Crippen molar-refractivity contribution in [2.24, 2.45) is 0 Å². The number of carbonyl (C=O) groups excluding carboxylic acids is 2. The summed E-state index contributed by atoms with van der Waals surface area (Å²) in [5, 5.41) is 0. The summed E-state index contributed by atoms with van der Waals surface area (Å²) < 4.78 is 1.75. The Bertz CT molecular complexity index is 576. The summed E-state index contributed by atoms with van der Waals surface area (Å²) >= 11 is 6.86. The van der Waals surface area contributed by atoms with E-state index in [1.807, 2.05) is 18.2 Å². The van der Waals surface area contributed by atoms with Gasteiger partial charge in [0.1, 0.15) is 12.6 Å². The Hall–Kier alpha value is -0.880. The molecule has 106 valence electrons. The monoisotopic (exact) mass is 400 g/mol. The van der Waals surface area contributed by atoms with Crippen molar-refractivity contribution in [1.29, 1.82) is 0 Å². The number of halogens is 2. The average Bonchev–Trinajstić information content (AvgIpc) is 2.43. The van der Waals surface area contributed by atoms with Crippen LogP contribution in [0.1, 0.15) is 19.3 Å². The highest BCUT2D eigenvalue weighted by molar-refractivity contribution is 9.11. The first kappa shape index (κ1) is 14.1. The average molecular weight is 402 g/mol. The molecule has 2 saturated heterocycles. The van der Waals surface area contributed by atoms with E-state index in [9.17, 15) is 9.59 Å². The number of rotatable bonds is 1. The van der Waals surface area contributed by atoms with Crippen LogP contribution in [0.25, 0.3) is 0 Å². The summed E-state index contributed by atoms with van der Waals surface area (Å²) in [4.78, 5) is 28.2. The first-order valence-electron chi connectivity index (χ1n) is 6.64. The minimum atomic E-state index is -0.277. The molecule has 2 aliphatic rings. The Balaban J connectivity index is 1.94. The van der Waals surface area contributed by atoms with E-state index in [-0.39, 0.29) is 24.4 Å². The topological polar surface area (TPSA) is 40.6 Å². The Kier molecular flexibility index (Phi) is 3.86. The summed E-state index contributed by atoms with van der Waals surface area (Å²) in [5.41, 5.74) is 0.761. The van der Waals surface area contributed by atoms with Crippen molar-refractivity contribution in [1.82, 2.24) is 4.90 Å². The second-order valence-electron chi connectivity index (χ2n) is 5.12. The van der Waals surface area contributed by atoms with Gasteiger partial charge in [0.05, 0.1) is 5.69 Å². The first-order chi connectivity index (χ1) is 9.58. The normalized spacial score (nSPS) is 23.0. The lowest BCUT2D eigenvalue weighted by molar-refractivity contribution is -0.144. The minimum absolute atomic E-state index is 0.0346. The van der Waals surface area contributed by atoms with Gasteiger partial charge >= 0.3 is 0 Å². The molecule has 0 N–H and O–H groups in total. The lowest BCUT2D eigenvalue weighted by Crippen LogP contribution is -2.61. The van der Waals surface area contributed by atoms with Crippen molar-refractivity contribution in [2.45, 2.75) is 25.3 Å². The maximum absolute atomic E-state index is 12.6. The molecule has 2 amide bonds. The van der Waals surface area contributed by atoms with Gasteiger partial charge in [0.15, 0.2) is 0 Å². The molecule has 6 heteroatoms. The summed E-state index contributed by atoms with van der Waals surface area (Å²) in [6.45, 7) is 0.847. The molecule has 0 spiro atoms. The SMILES string of the molecule is O=C1C2CCCCN2C(=O)CN1c1ccc(Br)cc1Br. The molecule has 0 aromatic heterocycles. The zero-order chi connectivity index (χ0) is 14.3. The Morgan fingerprint density at radius 1 is 1.15 bits per heavy atom. The fourth-order valence-electron chi connectivity index (χ4n) is 2.87. The van der Waals surface area contributed by atoms with Crippen molar-refractivity contribution in [2.75, 3.05) is 18.0 Å². The van der Waals surface area contributed by atoms with Crippen LogP contribution in [0.15, 0.2) is 27.1 Å². The number of piperidine rings is 1. The number of anilines is 1. The lowest BCUT2D eigenvalue weighted by atomic mass is 9.98. The molecule has 1 atom stereocenters. The number of hydrogen-bond acceptors (Lipinski definition) is 2. The predicted octanol–water partition coefficient (Wildman–Crippen LogP) is 2.94. The number of amides is 2. The van der Waals surface area contributed by atoms with Crippen LogP contribution in [0.4, 0.5) is 5.69 Å². The zero-order valence-electron chi connectivity index (χ0n) is 10.8. The maximum atomic E-state index is 12.6. The third-order valence-electron chi connectivity index (χ3n) is 3.87. The maximum Gasteiger partial charge on any atom is 0.250 e. The van der Waals surface area contributed by atoms with Crippen LogP contribution in [0, 0.1) is 0 Å². The minimum Gasteiger partial charge on any atom is -0.329 e. The van der Waals surface area contributed by atoms with E-state index in [2.05, 4.69) is 31.9 Å². The number of piperazine rings is 1. The summed E-state index contributed by atoms with van der Waals surface area (Å²) in [7, 11) is 0. The largest absolute Gasteiger partial charge is 0.329 e. The van der Waals surface area contributed by atoms with Gasteiger partial charge in [0.2, 0.25) is 11.8 Å². The third-order valence-corrected chi connectivity index (χ3v) is 5.00. The van der Waals surface area contributed by atoms with Crippen LogP contribution in [0.3, 0.4) is 0 Å². The molecule has 0 bridgehead atoms. The van der Waals surface area contributed by atoms with Gasteiger partial charge in [-0.3, -0.25) is 9.59 Å². The molecule has 0 radical (unpaired) electrons. The lowest BCUT2D eigenvalue weighted by Gasteiger charge is -2.42. The Labute approximate surface area is 134 Å². The fourth-order valence-corrected chi connectivity index (χ4v) is 4.14. The van der Waals surface area contributed by atoms with Crippen LogP contribution in [-0.4, -0.2) is 35.8 Å². The summed E-state index contributed by atoms with van der Waals surface area (Å²) in [5.74, 6) is 0.0800. The molecule has 4 nitrogen and oxygen atoms in total. The van der Waals surface area contributed by atoms with Gasteiger partial charge in [-0.05, 0) is 53.4 Å².